The number of nitrogens with zero attached hydrogens (tertiary/aromatic N) is 1. The zero-order valence-corrected chi connectivity index (χ0v) is 17.9. The van der Waals surface area contributed by atoms with Crippen LogP contribution in [0.15, 0.2) is 42.5 Å². The Morgan fingerprint density at radius 1 is 0.941 bits per heavy atom. The SMILES string of the molecule is O=C1CCC2N1C21CCCC1c1ccc(F)cc1.OCc1cc(C(F)(F)F)cc(C(F)(F)F)c1. The molecule has 3 nitrogen and oxygen atoms in total. The number of carbonyl (C=O) groups excluding carboxylic acids is 1. The average Bonchev–Trinajstić information content (AvgIpc) is 3.00. The van der Waals surface area contributed by atoms with Gasteiger partial charge in [-0.1, -0.05) is 18.6 Å². The maximum atomic E-state index is 13.0. The molecule has 0 bridgehead atoms. The van der Waals surface area contributed by atoms with E-state index in [9.17, 15) is 35.5 Å². The molecular formula is C24H22F7NO2. The van der Waals surface area contributed by atoms with Crippen molar-refractivity contribution in [3.8, 4) is 0 Å². The van der Waals surface area contributed by atoms with E-state index in [1.807, 2.05) is 12.1 Å². The van der Waals surface area contributed by atoms with Crippen LogP contribution in [-0.2, 0) is 23.8 Å². The molecular weight excluding hydrogens is 467 g/mol. The Labute approximate surface area is 191 Å². The van der Waals surface area contributed by atoms with E-state index in [4.69, 9.17) is 5.11 Å². The third kappa shape index (κ3) is 4.39. The lowest BCUT2D eigenvalue weighted by molar-refractivity contribution is -0.143. The molecule has 34 heavy (non-hydrogen) atoms. The molecule has 2 aromatic carbocycles. The monoisotopic (exact) mass is 489 g/mol. The zero-order valence-electron chi connectivity index (χ0n) is 17.9. The van der Waals surface area contributed by atoms with Gasteiger partial charge < -0.3 is 10.0 Å². The van der Waals surface area contributed by atoms with Crippen LogP contribution < -0.4 is 0 Å². The number of hydrogen-bond acceptors (Lipinski definition) is 2. The molecule has 1 N–H and O–H groups in total. The number of carbonyl (C=O) groups is 1. The third-order valence-electron chi connectivity index (χ3n) is 6.95. The predicted molar refractivity (Wildman–Crippen MR) is 108 cm³/mol. The standard InChI is InChI=1S/C15H16FNO.C9H6F6O/c16-11-5-3-10(4-6-11)12-2-1-9-15(12)13-7-8-14(18)17(13)15;10-8(11,12)6-1-5(4-16)2-7(3-6)9(13,14)15/h3-6,12-13H,1-2,7-9H2;1-3,16H,4H2. The third-order valence-corrected chi connectivity index (χ3v) is 6.95. The molecule has 3 aliphatic rings. The van der Waals surface area contributed by atoms with Crippen molar-refractivity contribution in [1.29, 1.82) is 0 Å². The number of hydrogen-bond donors (Lipinski definition) is 1. The lowest BCUT2D eigenvalue weighted by Gasteiger charge is -2.22. The van der Waals surface area contributed by atoms with Crippen LogP contribution in [0.4, 0.5) is 30.7 Å². The van der Waals surface area contributed by atoms with Crippen molar-refractivity contribution < 1.29 is 40.6 Å². The van der Waals surface area contributed by atoms with Crippen molar-refractivity contribution in [3.63, 3.8) is 0 Å². The summed E-state index contributed by atoms with van der Waals surface area (Å²) in [6.45, 7) is -0.882. The largest absolute Gasteiger partial charge is 0.416 e. The number of halogens is 7. The van der Waals surface area contributed by atoms with Gasteiger partial charge in [-0.15, -0.1) is 0 Å². The molecule has 2 aromatic rings. The molecule has 184 valence electrons. The maximum absolute atomic E-state index is 13.0. The van der Waals surface area contributed by atoms with Gasteiger partial charge in [0, 0.05) is 12.3 Å². The van der Waals surface area contributed by atoms with Gasteiger partial charge in [0.25, 0.3) is 0 Å². The van der Waals surface area contributed by atoms with Crippen LogP contribution in [0.25, 0.3) is 0 Å². The Kier molecular flexibility index (Phi) is 6.16. The molecule has 1 saturated carbocycles. The van der Waals surface area contributed by atoms with Gasteiger partial charge in [-0.25, -0.2) is 4.39 Å². The average molecular weight is 489 g/mol. The second-order valence-electron chi connectivity index (χ2n) is 8.88. The molecule has 3 unspecified atom stereocenters. The molecule has 1 spiro atoms. The maximum Gasteiger partial charge on any atom is 0.416 e. The summed E-state index contributed by atoms with van der Waals surface area (Å²) in [5.41, 5.74) is -1.97. The summed E-state index contributed by atoms with van der Waals surface area (Å²) in [6.07, 6.45) is -4.55. The van der Waals surface area contributed by atoms with Crippen molar-refractivity contribution in [2.24, 2.45) is 0 Å². The summed E-state index contributed by atoms with van der Waals surface area (Å²) in [4.78, 5) is 14.0. The van der Waals surface area contributed by atoms with Crippen LogP contribution >= 0.6 is 0 Å². The number of piperidine rings is 1. The first kappa shape index (κ1) is 24.5. The van der Waals surface area contributed by atoms with E-state index in [0.29, 0.717) is 30.0 Å². The highest BCUT2D eigenvalue weighted by Crippen LogP contribution is 2.63. The van der Waals surface area contributed by atoms with Gasteiger partial charge in [-0.2, -0.15) is 26.3 Å². The highest BCUT2D eigenvalue weighted by molar-refractivity contribution is 5.85. The molecule has 0 aromatic heterocycles. The molecule has 0 radical (unpaired) electrons. The molecule has 1 amide bonds. The minimum atomic E-state index is -4.87. The zero-order chi connectivity index (χ0) is 24.9. The van der Waals surface area contributed by atoms with Crippen LogP contribution in [0, 0.1) is 5.82 Å². The summed E-state index contributed by atoms with van der Waals surface area (Å²) in [7, 11) is 0. The summed E-state index contributed by atoms with van der Waals surface area (Å²) in [5.74, 6) is 0.569. The summed E-state index contributed by atoms with van der Waals surface area (Å²) >= 11 is 0. The van der Waals surface area contributed by atoms with Crippen molar-refractivity contribution in [2.75, 3.05) is 0 Å². The summed E-state index contributed by atoms with van der Waals surface area (Å²) < 4.78 is 86.4. The van der Waals surface area contributed by atoms with E-state index in [2.05, 4.69) is 4.90 Å². The van der Waals surface area contributed by atoms with Crippen LogP contribution in [0.1, 0.15) is 60.3 Å². The van der Waals surface area contributed by atoms with Crippen LogP contribution in [-0.4, -0.2) is 27.5 Å². The minimum Gasteiger partial charge on any atom is -0.392 e. The van der Waals surface area contributed by atoms with Crippen LogP contribution in [0.3, 0.4) is 0 Å². The molecule has 1 aliphatic carbocycles. The van der Waals surface area contributed by atoms with Crippen molar-refractivity contribution in [2.45, 2.75) is 68.6 Å². The van der Waals surface area contributed by atoms with E-state index in [1.54, 1.807) is 0 Å². The van der Waals surface area contributed by atoms with Crippen molar-refractivity contribution >= 4 is 5.91 Å². The second kappa shape index (κ2) is 8.55. The molecule has 5 rings (SSSR count). The minimum absolute atomic E-state index is 0.0131. The Morgan fingerprint density at radius 2 is 1.53 bits per heavy atom. The van der Waals surface area contributed by atoms with E-state index >= 15 is 0 Å². The fraction of sp³-hybridized carbons (Fsp3) is 0.458. The molecule has 3 atom stereocenters. The van der Waals surface area contributed by atoms with Crippen molar-refractivity contribution in [1.82, 2.24) is 4.90 Å². The Balaban J connectivity index is 0.000000163. The number of aliphatic hydroxyl groups is 1. The van der Waals surface area contributed by atoms with E-state index < -0.39 is 35.6 Å². The topological polar surface area (TPSA) is 40.3 Å². The predicted octanol–water partition coefficient (Wildman–Crippen LogP) is 6.05. The Bertz CT molecular complexity index is 1030. The first-order chi connectivity index (χ1) is 15.9. The highest BCUT2D eigenvalue weighted by atomic mass is 19.4. The van der Waals surface area contributed by atoms with E-state index in [1.165, 1.54) is 24.1 Å². The smallest absolute Gasteiger partial charge is 0.392 e. The molecule has 2 aliphatic heterocycles. The van der Waals surface area contributed by atoms with Crippen LogP contribution in [0.5, 0.6) is 0 Å². The number of aliphatic hydroxyl groups excluding tert-OH is 1. The molecule has 3 fully saturated rings. The highest BCUT2D eigenvalue weighted by Gasteiger charge is 2.71. The Morgan fingerprint density at radius 3 is 2.00 bits per heavy atom. The van der Waals surface area contributed by atoms with Crippen molar-refractivity contribution in [3.05, 3.63) is 70.5 Å². The second-order valence-corrected chi connectivity index (χ2v) is 8.88. The van der Waals surface area contributed by atoms with Gasteiger partial charge in [-0.3, -0.25) is 4.79 Å². The fourth-order valence-electron chi connectivity index (χ4n) is 5.54. The molecule has 2 saturated heterocycles. The van der Waals surface area contributed by atoms with Gasteiger partial charge in [-0.05, 0) is 60.7 Å². The fourth-order valence-corrected chi connectivity index (χ4v) is 5.54. The number of benzene rings is 2. The summed E-state index contributed by atoms with van der Waals surface area (Å²) in [6, 6.07) is 8.32. The number of rotatable bonds is 2. The lowest BCUT2D eigenvalue weighted by atomic mass is 9.84. The molecule has 2 heterocycles. The van der Waals surface area contributed by atoms with E-state index in [0.717, 1.165) is 25.7 Å². The number of fused-ring (bicyclic) bond motifs is 3. The van der Waals surface area contributed by atoms with Gasteiger partial charge >= 0.3 is 12.4 Å². The Hall–Kier alpha value is -2.62. The van der Waals surface area contributed by atoms with Gasteiger partial charge in [0.2, 0.25) is 5.91 Å². The van der Waals surface area contributed by atoms with E-state index in [-0.39, 0.29) is 17.4 Å². The number of alkyl halides is 6. The van der Waals surface area contributed by atoms with Gasteiger partial charge in [0.1, 0.15) is 5.82 Å². The van der Waals surface area contributed by atoms with Crippen LogP contribution in [0.2, 0.25) is 0 Å². The quantitative estimate of drug-likeness (QED) is 0.412. The first-order valence-corrected chi connectivity index (χ1v) is 10.8. The van der Waals surface area contributed by atoms with Gasteiger partial charge in [0.05, 0.1) is 29.3 Å². The molecule has 10 heteroatoms. The number of amides is 1. The first-order valence-electron chi connectivity index (χ1n) is 10.8. The van der Waals surface area contributed by atoms with Gasteiger partial charge in [0.15, 0.2) is 0 Å². The lowest BCUT2D eigenvalue weighted by Crippen LogP contribution is -2.28. The summed E-state index contributed by atoms with van der Waals surface area (Å²) in [5, 5.41) is 8.58. The normalized spacial score (nSPS) is 25.9.